The van der Waals surface area contributed by atoms with Gasteiger partial charge < -0.3 is 9.64 Å². The monoisotopic (exact) mass is 263 g/mol. The lowest BCUT2D eigenvalue weighted by atomic mass is 9.97. The minimum atomic E-state index is 0.151. The van der Waals surface area contributed by atoms with Crippen molar-refractivity contribution < 1.29 is 9.53 Å². The van der Waals surface area contributed by atoms with Gasteiger partial charge in [-0.3, -0.25) is 9.89 Å². The van der Waals surface area contributed by atoms with E-state index >= 15 is 0 Å². The maximum Gasteiger partial charge on any atom is 0.226 e. The fraction of sp³-hybridized carbons (Fsp3) is 0.714. The molecule has 2 fully saturated rings. The summed E-state index contributed by atoms with van der Waals surface area (Å²) >= 11 is 0. The largest absolute Gasteiger partial charge is 0.381 e. The predicted molar refractivity (Wildman–Crippen MR) is 70.6 cm³/mol. The molecular formula is C14H21N3O2. The molecule has 0 radical (unpaired) electrons. The molecule has 5 nitrogen and oxygen atoms in total. The van der Waals surface area contributed by atoms with Crippen molar-refractivity contribution >= 4 is 5.91 Å². The number of rotatable bonds is 2. The van der Waals surface area contributed by atoms with Gasteiger partial charge in [-0.1, -0.05) is 0 Å². The molecule has 1 aromatic rings. The number of amides is 1. The van der Waals surface area contributed by atoms with Crippen molar-refractivity contribution in [1.29, 1.82) is 0 Å². The molecule has 1 aromatic heterocycles. The Balaban J connectivity index is 1.75. The van der Waals surface area contributed by atoms with Gasteiger partial charge in [0.2, 0.25) is 5.91 Å². The first-order chi connectivity index (χ1) is 9.27. The Bertz CT molecular complexity index is 451. The maximum absolute atomic E-state index is 12.7. The van der Waals surface area contributed by atoms with Crippen molar-refractivity contribution in [2.45, 2.75) is 38.6 Å². The van der Waals surface area contributed by atoms with Crippen LogP contribution in [-0.4, -0.2) is 40.8 Å². The van der Waals surface area contributed by atoms with Crippen molar-refractivity contribution in [3.8, 4) is 0 Å². The standard InChI is InChI=1S/C14H21N3O2/c1-10-9-15-16-13(10)12-3-2-6-17(12)14(18)11-4-7-19-8-5-11/h9,11-12H,2-8H2,1H3,(H,15,16)/t12-/m0/s1. The van der Waals surface area contributed by atoms with E-state index in [1.165, 1.54) is 0 Å². The molecule has 3 rings (SSSR count). The van der Waals surface area contributed by atoms with Crippen molar-refractivity contribution in [3.63, 3.8) is 0 Å². The third kappa shape index (κ3) is 2.39. The fourth-order valence-corrected chi connectivity index (χ4v) is 3.20. The van der Waals surface area contributed by atoms with Crippen LogP contribution >= 0.6 is 0 Å². The Morgan fingerprint density at radius 3 is 2.89 bits per heavy atom. The van der Waals surface area contributed by atoms with Gasteiger partial charge in [0, 0.05) is 25.7 Å². The molecule has 0 spiro atoms. The first kappa shape index (κ1) is 12.7. The zero-order chi connectivity index (χ0) is 13.2. The van der Waals surface area contributed by atoms with Crippen LogP contribution in [0, 0.1) is 12.8 Å². The lowest BCUT2D eigenvalue weighted by molar-refractivity contribution is -0.139. The van der Waals surface area contributed by atoms with Gasteiger partial charge in [-0.2, -0.15) is 5.10 Å². The number of H-pyrrole nitrogens is 1. The average molecular weight is 263 g/mol. The molecule has 3 heterocycles. The molecule has 0 saturated carbocycles. The van der Waals surface area contributed by atoms with Crippen LogP contribution in [0.15, 0.2) is 6.20 Å². The highest BCUT2D eigenvalue weighted by Gasteiger charge is 2.35. The molecule has 19 heavy (non-hydrogen) atoms. The summed E-state index contributed by atoms with van der Waals surface area (Å²) in [7, 11) is 0. The summed E-state index contributed by atoms with van der Waals surface area (Å²) in [5.74, 6) is 0.456. The minimum absolute atomic E-state index is 0.151. The number of hydrogen-bond acceptors (Lipinski definition) is 3. The van der Waals surface area contributed by atoms with Gasteiger partial charge in [0.1, 0.15) is 0 Å². The molecular weight excluding hydrogens is 242 g/mol. The molecule has 0 bridgehead atoms. The highest BCUT2D eigenvalue weighted by atomic mass is 16.5. The summed E-state index contributed by atoms with van der Waals surface area (Å²) in [5.41, 5.74) is 2.26. The van der Waals surface area contributed by atoms with E-state index in [-0.39, 0.29) is 12.0 Å². The van der Waals surface area contributed by atoms with E-state index in [0.29, 0.717) is 5.91 Å². The Morgan fingerprint density at radius 1 is 1.42 bits per heavy atom. The third-order valence-corrected chi connectivity index (χ3v) is 4.31. The first-order valence-corrected chi connectivity index (χ1v) is 7.15. The number of aryl methyl sites for hydroxylation is 1. The van der Waals surface area contributed by atoms with Gasteiger partial charge in [0.25, 0.3) is 0 Å². The molecule has 0 aromatic carbocycles. The zero-order valence-corrected chi connectivity index (χ0v) is 11.4. The van der Waals surface area contributed by atoms with E-state index in [0.717, 1.165) is 56.7 Å². The van der Waals surface area contributed by atoms with Gasteiger partial charge in [-0.15, -0.1) is 0 Å². The topological polar surface area (TPSA) is 58.2 Å². The van der Waals surface area contributed by atoms with E-state index in [1.54, 1.807) is 0 Å². The van der Waals surface area contributed by atoms with Crippen LogP contribution in [0.2, 0.25) is 0 Å². The minimum Gasteiger partial charge on any atom is -0.381 e. The number of carbonyl (C=O) groups excluding carboxylic acids is 1. The van der Waals surface area contributed by atoms with Crippen LogP contribution in [-0.2, 0) is 9.53 Å². The van der Waals surface area contributed by atoms with Crippen molar-refractivity contribution in [2.75, 3.05) is 19.8 Å². The number of hydrogen-bond donors (Lipinski definition) is 1. The molecule has 0 aliphatic carbocycles. The highest BCUT2D eigenvalue weighted by molar-refractivity contribution is 5.79. The molecule has 2 aliphatic rings. The number of aromatic nitrogens is 2. The summed E-state index contributed by atoms with van der Waals surface area (Å²) in [4.78, 5) is 14.7. The van der Waals surface area contributed by atoms with Crippen molar-refractivity contribution in [3.05, 3.63) is 17.5 Å². The average Bonchev–Trinajstić information content (AvgIpc) is 3.07. The summed E-state index contributed by atoms with van der Waals surface area (Å²) in [6, 6.07) is 0.192. The second-order valence-corrected chi connectivity index (χ2v) is 5.54. The Morgan fingerprint density at radius 2 is 2.21 bits per heavy atom. The van der Waals surface area contributed by atoms with Crippen LogP contribution in [0.25, 0.3) is 0 Å². The third-order valence-electron chi connectivity index (χ3n) is 4.31. The summed E-state index contributed by atoms with van der Waals surface area (Å²) in [5, 5.41) is 7.16. The second-order valence-electron chi connectivity index (χ2n) is 5.54. The van der Waals surface area contributed by atoms with Gasteiger partial charge in [-0.05, 0) is 38.2 Å². The van der Waals surface area contributed by atoms with Crippen molar-refractivity contribution in [1.82, 2.24) is 15.1 Å². The van der Waals surface area contributed by atoms with E-state index < -0.39 is 0 Å². The molecule has 0 unspecified atom stereocenters. The fourth-order valence-electron chi connectivity index (χ4n) is 3.20. The van der Waals surface area contributed by atoms with E-state index in [9.17, 15) is 4.79 Å². The van der Waals surface area contributed by atoms with Gasteiger partial charge in [0.15, 0.2) is 0 Å². The number of likely N-dealkylation sites (tertiary alicyclic amines) is 1. The lowest BCUT2D eigenvalue weighted by Crippen LogP contribution is -2.38. The summed E-state index contributed by atoms with van der Waals surface area (Å²) in [6.45, 7) is 4.36. The summed E-state index contributed by atoms with van der Waals surface area (Å²) < 4.78 is 5.34. The Labute approximate surface area is 113 Å². The number of carbonyl (C=O) groups is 1. The normalized spacial score (nSPS) is 24.9. The van der Waals surface area contributed by atoms with Crippen LogP contribution < -0.4 is 0 Å². The van der Waals surface area contributed by atoms with Gasteiger partial charge in [0.05, 0.1) is 17.9 Å². The molecule has 2 aliphatic heterocycles. The first-order valence-electron chi connectivity index (χ1n) is 7.15. The van der Waals surface area contributed by atoms with Crippen LogP contribution in [0.1, 0.15) is 43.0 Å². The van der Waals surface area contributed by atoms with Gasteiger partial charge >= 0.3 is 0 Å². The molecule has 5 heteroatoms. The van der Waals surface area contributed by atoms with Gasteiger partial charge in [-0.25, -0.2) is 0 Å². The second kappa shape index (κ2) is 5.33. The van der Waals surface area contributed by atoms with E-state index in [2.05, 4.69) is 15.1 Å². The summed E-state index contributed by atoms with van der Waals surface area (Å²) in [6.07, 6.45) is 5.69. The molecule has 104 valence electrons. The van der Waals surface area contributed by atoms with Crippen LogP contribution in [0.3, 0.4) is 0 Å². The van der Waals surface area contributed by atoms with E-state index in [1.807, 2.05) is 13.1 Å². The SMILES string of the molecule is Cc1cn[nH]c1[C@@H]1CCCN1C(=O)C1CCOCC1. The Kier molecular flexibility index (Phi) is 3.55. The zero-order valence-electron chi connectivity index (χ0n) is 11.4. The quantitative estimate of drug-likeness (QED) is 0.885. The van der Waals surface area contributed by atoms with E-state index in [4.69, 9.17) is 4.74 Å². The number of nitrogens with zero attached hydrogens (tertiary/aromatic N) is 2. The molecule has 2 saturated heterocycles. The predicted octanol–water partition coefficient (Wildman–Crippen LogP) is 1.81. The molecule has 1 atom stereocenters. The molecule has 1 N–H and O–H groups in total. The van der Waals surface area contributed by atoms with Crippen LogP contribution in [0.4, 0.5) is 0 Å². The number of aromatic amines is 1. The molecule has 1 amide bonds. The smallest absolute Gasteiger partial charge is 0.226 e. The number of ether oxygens (including phenoxy) is 1. The lowest BCUT2D eigenvalue weighted by Gasteiger charge is -2.30. The Hall–Kier alpha value is -1.36. The van der Waals surface area contributed by atoms with Crippen molar-refractivity contribution in [2.24, 2.45) is 5.92 Å². The van der Waals surface area contributed by atoms with Crippen LogP contribution in [0.5, 0.6) is 0 Å². The number of nitrogens with one attached hydrogen (secondary N) is 1. The maximum atomic E-state index is 12.7. The highest BCUT2D eigenvalue weighted by Crippen LogP contribution is 2.34.